The Morgan fingerprint density at radius 1 is 1.18 bits per heavy atom. The summed E-state index contributed by atoms with van der Waals surface area (Å²) in [6.45, 7) is 7.25. The molecule has 0 saturated heterocycles. The summed E-state index contributed by atoms with van der Waals surface area (Å²) in [7, 11) is 0. The number of ether oxygens (including phenoxy) is 2. The first-order valence-electron chi connectivity index (χ1n) is 8.00. The van der Waals surface area contributed by atoms with Crippen molar-refractivity contribution in [3.63, 3.8) is 0 Å². The summed E-state index contributed by atoms with van der Waals surface area (Å²) in [4.78, 5) is 0. The summed E-state index contributed by atoms with van der Waals surface area (Å²) >= 11 is 0. The van der Waals surface area contributed by atoms with E-state index in [2.05, 4.69) is 28.5 Å². The van der Waals surface area contributed by atoms with Crippen molar-refractivity contribution in [2.75, 3.05) is 19.8 Å². The molecule has 118 valence electrons. The highest BCUT2D eigenvalue weighted by molar-refractivity contribution is 5.68. The van der Waals surface area contributed by atoms with Crippen LogP contribution in [0.3, 0.4) is 0 Å². The lowest BCUT2D eigenvalue weighted by Crippen LogP contribution is -2.23. The number of fused-ring (bicyclic) bond motifs is 1. The van der Waals surface area contributed by atoms with Gasteiger partial charge in [0.1, 0.15) is 0 Å². The SMILES string of the molecule is CCCOc1ccc(-c2n[nH]c3c2CNCC3)cc1OCC. The number of hydrogen-bond acceptors (Lipinski definition) is 4. The molecule has 0 spiro atoms. The Kier molecular flexibility index (Phi) is 4.63. The van der Waals surface area contributed by atoms with Crippen LogP contribution in [-0.2, 0) is 13.0 Å². The molecule has 3 rings (SSSR count). The number of nitrogens with one attached hydrogen (secondary N) is 2. The maximum Gasteiger partial charge on any atom is 0.161 e. The van der Waals surface area contributed by atoms with E-state index >= 15 is 0 Å². The number of nitrogens with zero attached hydrogens (tertiary/aromatic N) is 1. The molecule has 0 amide bonds. The lowest BCUT2D eigenvalue weighted by molar-refractivity contribution is 0.277. The summed E-state index contributed by atoms with van der Waals surface area (Å²) < 4.78 is 11.5. The van der Waals surface area contributed by atoms with E-state index in [0.29, 0.717) is 13.2 Å². The molecule has 0 aliphatic carbocycles. The van der Waals surface area contributed by atoms with Crippen LogP contribution in [-0.4, -0.2) is 30.0 Å². The van der Waals surface area contributed by atoms with Crippen LogP contribution in [0.25, 0.3) is 11.3 Å². The van der Waals surface area contributed by atoms with Crippen LogP contribution in [0.15, 0.2) is 18.2 Å². The third kappa shape index (κ3) is 2.95. The van der Waals surface area contributed by atoms with Crippen LogP contribution in [0.1, 0.15) is 31.5 Å². The molecular formula is C17H23N3O2. The number of benzene rings is 1. The van der Waals surface area contributed by atoms with Gasteiger partial charge in [0.05, 0.1) is 18.9 Å². The second-order valence-electron chi connectivity index (χ2n) is 5.40. The predicted octanol–water partition coefficient (Wildman–Crippen LogP) is 2.91. The molecule has 1 aromatic carbocycles. The first kappa shape index (κ1) is 14.9. The van der Waals surface area contributed by atoms with E-state index in [1.165, 1.54) is 11.3 Å². The topological polar surface area (TPSA) is 59.2 Å². The monoisotopic (exact) mass is 301 g/mol. The summed E-state index contributed by atoms with van der Waals surface area (Å²) in [5, 5.41) is 11.1. The van der Waals surface area contributed by atoms with Crippen molar-refractivity contribution in [1.82, 2.24) is 15.5 Å². The van der Waals surface area contributed by atoms with Gasteiger partial charge in [-0.05, 0) is 31.5 Å². The van der Waals surface area contributed by atoms with E-state index in [9.17, 15) is 0 Å². The van der Waals surface area contributed by atoms with E-state index in [4.69, 9.17) is 9.47 Å². The highest BCUT2D eigenvalue weighted by Gasteiger charge is 2.18. The summed E-state index contributed by atoms with van der Waals surface area (Å²) in [5.41, 5.74) is 4.56. The molecule has 2 N–H and O–H groups in total. The fraction of sp³-hybridized carbons (Fsp3) is 0.471. The number of hydrogen-bond donors (Lipinski definition) is 2. The number of aromatic nitrogens is 2. The Morgan fingerprint density at radius 3 is 2.91 bits per heavy atom. The Hall–Kier alpha value is -2.01. The molecule has 1 aliphatic rings. The van der Waals surface area contributed by atoms with Gasteiger partial charge in [-0.15, -0.1) is 0 Å². The summed E-state index contributed by atoms with van der Waals surface area (Å²) in [5.74, 6) is 1.59. The van der Waals surface area contributed by atoms with Crippen molar-refractivity contribution >= 4 is 0 Å². The Morgan fingerprint density at radius 2 is 2.09 bits per heavy atom. The second kappa shape index (κ2) is 6.83. The van der Waals surface area contributed by atoms with Crippen molar-refractivity contribution in [2.45, 2.75) is 33.2 Å². The fourth-order valence-corrected chi connectivity index (χ4v) is 2.72. The Balaban J connectivity index is 1.94. The van der Waals surface area contributed by atoms with Gasteiger partial charge in [0.25, 0.3) is 0 Å². The average molecular weight is 301 g/mol. The lowest BCUT2D eigenvalue weighted by Gasteiger charge is -2.15. The Labute approximate surface area is 131 Å². The summed E-state index contributed by atoms with van der Waals surface area (Å²) in [6.07, 6.45) is 1.98. The molecule has 0 saturated carbocycles. The van der Waals surface area contributed by atoms with E-state index in [1.807, 2.05) is 19.1 Å². The van der Waals surface area contributed by atoms with E-state index in [1.54, 1.807) is 0 Å². The van der Waals surface area contributed by atoms with Gasteiger partial charge in [-0.25, -0.2) is 0 Å². The van der Waals surface area contributed by atoms with Crippen molar-refractivity contribution in [3.05, 3.63) is 29.5 Å². The smallest absolute Gasteiger partial charge is 0.161 e. The zero-order chi connectivity index (χ0) is 15.4. The third-order valence-electron chi connectivity index (χ3n) is 3.79. The van der Waals surface area contributed by atoms with Crippen LogP contribution in [0, 0.1) is 0 Å². The van der Waals surface area contributed by atoms with Crippen LogP contribution >= 0.6 is 0 Å². The maximum atomic E-state index is 5.76. The zero-order valence-corrected chi connectivity index (χ0v) is 13.2. The normalized spacial score (nSPS) is 13.7. The van der Waals surface area contributed by atoms with Gasteiger partial charge in [-0.2, -0.15) is 5.10 Å². The van der Waals surface area contributed by atoms with Crippen LogP contribution in [0.2, 0.25) is 0 Å². The molecule has 2 aromatic rings. The average Bonchev–Trinajstić information content (AvgIpc) is 2.98. The minimum atomic E-state index is 0.617. The minimum absolute atomic E-state index is 0.617. The first-order valence-corrected chi connectivity index (χ1v) is 8.00. The fourth-order valence-electron chi connectivity index (χ4n) is 2.72. The van der Waals surface area contributed by atoms with Gasteiger partial charge >= 0.3 is 0 Å². The van der Waals surface area contributed by atoms with Gasteiger partial charge in [0, 0.05) is 36.3 Å². The molecule has 22 heavy (non-hydrogen) atoms. The second-order valence-corrected chi connectivity index (χ2v) is 5.40. The molecule has 1 aliphatic heterocycles. The molecule has 0 radical (unpaired) electrons. The molecule has 5 heteroatoms. The molecule has 1 aromatic heterocycles. The highest BCUT2D eigenvalue weighted by Crippen LogP contribution is 2.34. The highest BCUT2D eigenvalue weighted by atomic mass is 16.5. The van der Waals surface area contributed by atoms with E-state index < -0.39 is 0 Å². The van der Waals surface area contributed by atoms with E-state index in [-0.39, 0.29) is 0 Å². The van der Waals surface area contributed by atoms with Crippen LogP contribution < -0.4 is 14.8 Å². The van der Waals surface area contributed by atoms with Gasteiger partial charge in [0.15, 0.2) is 11.5 Å². The molecule has 0 fully saturated rings. The van der Waals surface area contributed by atoms with Crippen molar-refractivity contribution in [1.29, 1.82) is 0 Å². The van der Waals surface area contributed by atoms with Crippen LogP contribution in [0.4, 0.5) is 0 Å². The van der Waals surface area contributed by atoms with Gasteiger partial charge in [0.2, 0.25) is 0 Å². The molecular weight excluding hydrogens is 278 g/mol. The molecule has 5 nitrogen and oxygen atoms in total. The lowest BCUT2D eigenvalue weighted by atomic mass is 10.0. The van der Waals surface area contributed by atoms with Crippen LogP contribution in [0.5, 0.6) is 11.5 Å². The molecule has 0 atom stereocenters. The minimum Gasteiger partial charge on any atom is -0.490 e. The number of aromatic amines is 1. The molecule has 0 bridgehead atoms. The number of rotatable bonds is 6. The zero-order valence-electron chi connectivity index (χ0n) is 13.2. The standard InChI is InChI=1S/C17H23N3O2/c1-3-9-22-15-6-5-12(10-16(15)21-4-2)17-13-11-18-8-7-14(13)19-20-17/h5-6,10,18H,3-4,7-9,11H2,1-2H3,(H,19,20). The van der Waals surface area contributed by atoms with Gasteiger partial charge < -0.3 is 14.8 Å². The maximum absolute atomic E-state index is 5.76. The van der Waals surface area contributed by atoms with Gasteiger partial charge in [-0.1, -0.05) is 6.92 Å². The molecule has 0 unspecified atom stereocenters. The van der Waals surface area contributed by atoms with Crippen molar-refractivity contribution in [2.24, 2.45) is 0 Å². The quantitative estimate of drug-likeness (QED) is 0.861. The van der Waals surface area contributed by atoms with E-state index in [0.717, 1.165) is 48.7 Å². The number of H-pyrrole nitrogens is 1. The molecule has 2 heterocycles. The summed E-state index contributed by atoms with van der Waals surface area (Å²) in [6, 6.07) is 6.06. The largest absolute Gasteiger partial charge is 0.490 e. The third-order valence-corrected chi connectivity index (χ3v) is 3.79. The Bertz CT molecular complexity index is 637. The first-order chi connectivity index (χ1) is 10.8. The van der Waals surface area contributed by atoms with Crippen molar-refractivity contribution < 1.29 is 9.47 Å². The van der Waals surface area contributed by atoms with Crippen molar-refractivity contribution in [3.8, 4) is 22.8 Å². The predicted molar refractivity (Wildman–Crippen MR) is 86.4 cm³/mol. The van der Waals surface area contributed by atoms with Gasteiger partial charge in [-0.3, -0.25) is 5.10 Å².